The zero-order valence-electron chi connectivity index (χ0n) is 10.1. The third-order valence-electron chi connectivity index (χ3n) is 2.74. The van der Waals surface area contributed by atoms with E-state index in [9.17, 15) is 0 Å². The van der Waals surface area contributed by atoms with Crippen LogP contribution in [-0.4, -0.2) is 23.5 Å². The molecular formula is C12H17N3OS. The Morgan fingerprint density at radius 3 is 2.88 bits per heavy atom. The molecule has 2 aromatic rings. The maximum absolute atomic E-state index is 5.82. The molecule has 92 valence electrons. The molecule has 1 atom stereocenters. The maximum Gasteiger partial charge on any atom is 0.122 e. The lowest BCUT2D eigenvalue weighted by molar-refractivity contribution is 0.209. The number of hydrogen-bond acceptors (Lipinski definition) is 5. The summed E-state index contributed by atoms with van der Waals surface area (Å²) in [6.45, 7) is 3.26. The van der Waals surface area contributed by atoms with Crippen molar-refractivity contribution >= 4 is 11.3 Å². The molecule has 0 spiro atoms. The van der Waals surface area contributed by atoms with E-state index in [4.69, 9.17) is 10.2 Å². The molecule has 1 unspecified atom stereocenters. The van der Waals surface area contributed by atoms with Crippen molar-refractivity contribution in [3.05, 3.63) is 40.2 Å². The van der Waals surface area contributed by atoms with E-state index in [-0.39, 0.29) is 6.04 Å². The van der Waals surface area contributed by atoms with Crippen LogP contribution in [0.25, 0.3) is 0 Å². The molecule has 2 rings (SSSR count). The van der Waals surface area contributed by atoms with Crippen LogP contribution >= 0.6 is 11.3 Å². The van der Waals surface area contributed by atoms with Gasteiger partial charge in [0.05, 0.1) is 17.2 Å². The number of thiazole rings is 1. The van der Waals surface area contributed by atoms with Crippen molar-refractivity contribution in [2.45, 2.75) is 19.5 Å². The first-order valence-corrected chi connectivity index (χ1v) is 6.48. The van der Waals surface area contributed by atoms with E-state index < -0.39 is 0 Å². The number of nitrogens with zero attached hydrogens (tertiary/aromatic N) is 2. The Morgan fingerprint density at radius 1 is 1.53 bits per heavy atom. The molecule has 0 aliphatic heterocycles. The van der Waals surface area contributed by atoms with E-state index in [1.54, 1.807) is 11.3 Å². The summed E-state index contributed by atoms with van der Waals surface area (Å²) in [6.07, 6.45) is 0. The van der Waals surface area contributed by atoms with E-state index in [2.05, 4.69) is 15.3 Å². The summed E-state index contributed by atoms with van der Waals surface area (Å²) in [5.74, 6) is 1.84. The summed E-state index contributed by atoms with van der Waals surface area (Å²) in [6, 6.07) is 4.06. The lowest BCUT2D eigenvalue weighted by Gasteiger charge is -2.24. The predicted molar refractivity (Wildman–Crippen MR) is 68.8 cm³/mol. The second kappa shape index (κ2) is 5.44. The zero-order valence-corrected chi connectivity index (χ0v) is 10.9. The summed E-state index contributed by atoms with van der Waals surface area (Å²) < 4.78 is 5.64. The summed E-state index contributed by atoms with van der Waals surface area (Å²) >= 11 is 1.61. The zero-order chi connectivity index (χ0) is 12.3. The molecule has 0 fully saturated rings. The lowest BCUT2D eigenvalue weighted by Crippen LogP contribution is -2.30. The minimum absolute atomic E-state index is 0.102. The first-order valence-electron chi connectivity index (χ1n) is 5.54. The lowest BCUT2D eigenvalue weighted by atomic mass is 10.2. The Hall–Kier alpha value is -1.17. The highest BCUT2D eigenvalue weighted by atomic mass is 32.1. The summed E-state index contributed by atoms with van der Waals surface area (Å²) in [4.78, 5) is 6.44. The Bertz CT molecular complexity index is 452. The first kappa shape index (κ1) is 12.3. The second-order valence-electron chi connectivity index (χ2n) is 4.09. The van der Waals surface area contributed by atoms with Crippen LogP contribution in [0.15, 0.2) is 27.4 Å². The number of aromatic nitrogens is 1. The van der Waals surface area contributed by atoms with Gasteiger partial charge in [0.25, 0.3) is 0 Å². The first-order chi connectivity index (χ1) is 8.20. The Kier molecular flexibility index (Phi) is 3.93. The van der Waals surface area contributed by atoms with E-state index >= 15 is 0 Å². The standard InChI is InChI=1S/C12H17N3OS/c1-9-3-4-12(16-9)11(5-13)15(2)6-10-7-17-8-14-10/h3-4,7-8,11H,5-6,13H2,1-2H3. The molecular weight excluding hydrogens is 234 g/mol. The summed E-state index contributed by atoms with van der Waals surface area (Å²) in [5, 5.41) is 2.05. The number of likely N-dealkylation sites (N-methyl/N-ethyl adjacent to an activating group) is 1. The van der Waals surface area contributed by atoms with Gasteiger partial charge in [0, 0.05) is 18.5 Å². The minimum atomic E-state index is 0.102. The molecule has 17 heavy (non-hydrogen) atoms. The van der Waals surface area contributed by atoms with Gasteiger partial charge in [-0.15, -0.1) is 11.3 Å². The number of aryl methyl sites for hydroxylation is 1. The average molecular weight is 251 g/mol. The third-order valence-corrected chi connectivity index (χ3v) is 3.38. The van der Waals surface area contributed by atoms with Gasteiger partial charge in [-0.3, -0.25) is 4.90 Å². The molecule has 0 aliphatic rings. The number of rotatable bonds is 5. The van der Waals surface area contributed by atoms with E-state index in [0.717, 1.165) is 23.8 Å². The van der Waals surface area contributed by atoms with Crippen LogP contribution < -0.4 is 5.73 Å². The van der Waals surface area contributed by atoms with Crippen LogP contribution in [0, 0.1) is 6.92 Å². The molecule has 0 aromatic carbocycles. The van der Waals surface area contributed by atoms with Crippen molar-refractivity contribution in [2.75, 3.05) is 13.6 Å². The van der Waals surface area contributed by atoms with Crippen LogP contribution in [0.5, 0.6) is 0 Å². The van der Waals surface area contributed by atoms with Crippen LogP contribution in [0.1, 0.15) is 23.3 Å². The van der Waals surface area contributed by atoms with Gasteiger partial charge in [0.15, 0.2) is 0 Å². The highest BCUT2D eigenvalue weighted by Crippen LogP contribution is 2.22. The largest absolute Gasteiger partial charge is 0.465 e. The number of hydrogen-bond donors (Lipinski definition) is 1. The number of furan rings is 1. The molecule has 0 bridgehead atoms. The van der Waals surface area contributed by atoms with Crippen molar-refractivity contribution in [1.82, 2.24) is 9.88 Å². The molecule has 2 heterocycles. The second-order valence-corrected chi connectivity index (χ2v) is 4.81. The molecule has 0 aliphatic carbocycles. The summed E-state index contributed by atoms with van der Waals surface area (Å²) in [5.41, 5.74) is 8.74. The van der Waals surface area contributed by atoms with Crippen LogP contribution in [0.4, 0.5) is 0 Å². The normalized spacial score (nSPS) is 13.2. The molecule has 0 saturated carbocycles. The smallest absolute Gasteiger partial charge is 0.122 e. The van der Waals surface area contributed by atoms with Crippen molar-refractivity contribution in [2.24, 2.45) is 5.73 Å². The topological polar surface area (TPSA) is 55.3 Å². The van der Waals surface area contributed by atoms with Gasteiger partial charge in [0.2, 0.25) is 0 Å². The van der Waals surface area contributed by atoms with Gasteiger partial charge >= 0.3 is 0 Å². The molecule has 2 aromatic heterocycles. The van der Waals surface area contributed by atoms with Crippen molar-refractivity contribution in [1.29, 1.82) is 0 Å². The minimum Gasteiger partial charge on any atom is -0.465 e. The highest BCUT2D eigenvalue weighted by molar-refractivity contribution is 7.07. The third kappa shape index (κ3) is 2.94. The van der Waals surface area contributed by atoms with Gasteiger partial charge in [0.1, 0.15) is 11.5 Å². The predicted octanol–water partition coefficient (Wildman–Crippen LogP) is 2.18. The van der Waals surface area contributed by atoms with Crippen LogP contribution in [0.3, 0.4) is 0 Å². The Morgan fingerprint density at radius 2 is 2.35 bits per heavy atom. The van der Waals surface area contributed by atoms with Gasteiger partial charge in [-0.25, -0.2) is 4.98 Å². The van der Waals surface area contributed by atoms with Gasteiger partial charge in [-0.2, -0.15) is 0 Å². The molecule has 0 radical (unpaired) electrons. The fraction of sp³-hybridized carbons (Fsp3) is 0.417. The Labute approximate surface area is 105 Å². The highest BCUT2D eigenvalue weighted by Gasteiger charge is 2.19. The van der Waals surface area contributed by atoms with E-state index in [1.165, 1.54) is 0 Å². The number of nitrogens with two attached hydrogens (primary N) is 1. The molecule has 0 amide bonds. The van der Waals surface area contributed by atoms with Crippen LogP contribution in [0.2, 0.25) is 0 Å². The fourth-order valence-corrected chi connectivity index (χ4v) is 2.38. The van der Waals surface area contributed by atoms with Crippen molar-refractivity contribution in [3.63, 3.8) is 0 Å². The fourth-order valence-electron chi connectivity index (χ4n) is 1.83. The Balaban J connectivity index is 2.07. The van der Waals surface area contributed by atoms with Crippen LogP contribution in [-0.2, 0) is 6.54 Å². The molecule has 5 heteroatoms. The molecule has 2 N–H and O–H groups in total. The van der Waals surface area contributed by atoms with Gasteiger partial charge in [-0.05, 0) is 26.1 Å². The summed E-state index contributed by atoms with van der Waals surface area (Å²) in [7, 11) is 2.04. The van der Waals surface area contributed by atoms with Gasteiger partial charge in [-0.1, -0.05) is 0 Å². The monoisotopic (exact) mass is 251 g/mol. The SMILES string of the molecule is Cc1ccc(C(CN)N(C)Cc2cscn2)o1. The molecule has 4 nitrogen and oxygen atoms in total. The van der Waals surface area contributed by atoms with Crippen molar-refractivity contribution in [3.8, 4) is 0 Å². The van der Waals surface area contributed by atoms with E-state index in [0.29, 0.717) is 6.54 Å². The average Bonchev–Trinajstić information content (AvgIpc) is 2.91. The van der Waals surface area contributed by atoms with Gasteiger partial charge < -0.3 is 10.2 Å². The quantitative estimate of drug-likeness (QED) is 0.885. The maximum atomic E-state index is 5.82. The van der Waals surface area contributed by atoms with E-state index in [1.807, 2.05) is 31.6 Å². The molecule has 0 saturated heterocycles. The van der Waals surface area contributed by atoms with Crippen molar-refractivity contribution < 1.29 is 4.42 Å².